The Bertz CT molecular complexity index is 938. The quantitative estimate of drug-likeness (QED) is 0.613. The first-order valence-corrected chi connectivity index (χ1v) is 10.3. The van der Waals surface area contributed by atoms with Gasteiger partial charge in [0.1, 0.15) is 0 Å². The van der Waals surface area contributed by atoms with E-state index in [4.69, 9.17) is 9.73 Å². The van der Waals surface area contributed by atoms with Gasteiger partial charge in [0, 0.05) is 15.4 Å². The number of hydrogen-bond donors (Lipinski definition) is 0. The van der Waals surface area contributed by atoms with Crippen molar-refractivity contribution in [2.75, 3.05) is 31.3 Å². The van der Waals surface area contributed by atoms with Crippen molar-refractivity contribution in [1.82, 2.24) is 4.68 Å². The zero-order valence-corrected chi connectivity index (χ0v) is 17.0. The standard InChI is InChI=1S/C20H20BrN3OS/c1-15-2-8-18(9-3-15)22-20-24(23-10-12-25-13-11-23)19(14-26-20)16-4-6-17(21)7-5-16/h2-9,14H,10-13H2,1H3. The Balaban J connectivity index is 1.83. The highest BCUT2D eigenvalue weighted by Gasteiger charge is 2.17. The Morgan fingerprint density at radius 2 is 1.69 bits per heavy atom. The van der Waals surface area contributed by atoms with Gasteiger partial charge in [-0.15, -0.1) is 11.3 Å². The molecule has 0 radical (unpaired) electrons. The van der Waals surface area contributed by atoms with Crippen LogP contribution in [-0.4, -0.2) is 31.0 Å². The summed E-state index contributed by atoms with van der Waals surface area (Å²) in [4.78, 5) is 5.89. The van der Waals surface area contributed by atoms with Gasteiger partial charge < -0.3 is 9.75 Å². The lowest BCUT2D eigenvalue weighted by Gasteiger charge is -2.31. The second-order valence-corrected chi connectivity index (χ2v) is 7.99. The van der Waals surface area contributed by atoms with Crippen molar-refractivity contribution in [3.63, 3.8) is 0 Å². The third kappa shape index (κ3) is 3.77. The summed E-state index contributed by atoms with van der Waals surface area (Å²) < 4.78 is 8.87. The fraction of sp³-hybridized carbons (Fsp3) is 0.250. The van der Waals surface area contributed by atoms with Crippen molar-refractivity contribution < 1.29 is 4.74 Å². The van der Waals surface area contributed by atoms with E-state index < -0.39 is 0 Å². The van der Waals surface area contributed by atoms with Gasteiger partial charge in [0.15, 0.2) is 0 Å². The lowest BCUT2D eigenvalue weighted by atomic mass is 10.2. The fourth-order valence-corrected chi connectivity index (χ4v) is 4.14. The van der Waals surface area contributed by atoms with Crippen LogP contribution in [0.2, 0.25) is 0 Å². The molecule has 3 aromatic rings. The Hall–Kier alpha value is -1.89. The molecule has 1 fully saturated rings. The third-order valence-electron chi connectivity index (χ3n) is 4.35. The van der Waals surface area contributed by atoms with Crippen molar-refractivity contribution in [3.05, 3.63) is 68.7 Å². The molecule has 0 saturated carbocycles. The number of thiazole rings is 1. The number of nitrogens with zero attached hydrogens (tertiary/aromatic N) is 3. The Morgan fingerprint density at radius 3 is 2.38 bits per heavy atom. The SMILES string of the molecule is Cc1ccc(N=c2scc(-c3ccc(Br)cc3)n2N2CCOCC2)cc1. The molecule has 1 aliphatic heterocycles. The van der Waals surface area contributed by atoms with E-state index in [0.29, 0.717) is 0 Å². The van der Waals surface area contributed by atoms with E-state index in [1.165, 1.54) is 11.1 Å². The molecule has 26 heavy (non-hydrogen) atoms. The van der Waals surface area contributed by atoms with Gasteiger partial charge in [-0.05, 0) is 31.2 Å². The van der Waals surface area contributed by atoms with Gasteiger partial charge in [-0.2, -0.15) is 0 Å². The van der Waals surface area contributed by atoms with Crippen molar-refractivity contribution in [2.24, 2.45) is 4.99 Å². The summed E-state index contributed by atoms with van der Waals surface area (Å²) in [7, 11) is 0. The first-order chi connectivity index (χ1) is 12.7. The summed E-state index contributed by atoms with van der Waals surface area (Å²) in [6.07, 6.45) is 0. The molecule has 0 aliphatic carbocycles. The zero-order valence-electron chi connectivity index (χ0n) is 14.6. The molecule has 0 spiro atoms. The average Bonchev–Trinajstić information content (AvgIpc) is 3.08. The minimum atomic E-state index is 0.743. The molecule has 1 saturated heterocycles. The number of halogens is 1. The van der Waals surface area contributed by atoms with Crippen LogP contribution >= 0.6 is 27.3 Å². The minimum absolute atomic E-state index is 0.743. The number of hydrogen-bond acceptors (Lipinski definition) is 4. The van der Waals surface area contributed by atoms with E-state index in [1.807, 2.05) is 0 Å². The smallest absolute Gasteiger partial charge is 0.209 e. The van der Waals surface area contributed by atoms with Crippen molar-refractivity contribution in [1.29, 1.82) is 0 Å². The number of rotatable bonds is 3. The number of aryl methyl sites for hydroxylation is 1. The largest absolute Gasteiger partial charge is 0.378 e. The molecule has 134 valence electrons. The molecule has 1 aliphatic rings. The van der Waals surface area contributed by atoms with Gasteiger partial charge in [-0.25, -0.2) is 9.67 Å². The summed E-state index contributed by atoms with van der Waals surface area (Å²) in [5, 5.41) is 4.51. The number of benzene rings is 2. The molecule has 2 heterocycles. The van der Waals surface area contributed by atoms with Crippen molar-refractivity contribution in [3.8, 4) is 11.3 Å². The van der Waals surface area contributed by atoms with Gasteiger partial charge in [-0.1, -0.05) is 45.8 Å². The molecule has 0 unspecified atom stereocenters. The van der Waals surface area contributed by atoms with E-state index in [9.17, 15) is 0 Å². The van der Waals surface area contributed by atoms with Crippen LogP contribution in [-0.2, 0) is 4.74 Å². The monoisotopic (exact) mass is 429 g/mol. The maximum absolute atomic E-state index is 5.54. The average molecular weight is 430 g/mol. The van der Waals surface area contributed by atoms with Gasteiger partial charge in [0.2, 0.25) is 4.80 Å². The van der Waals surface area contributed by atoms with Crippen LogP contribution in [0, 0.1) is 6.92 Å². The Kier molecular flexibility index (Phi) is 5.24. The second kappa shape index (κ2) is 7.78. The minimum Gasteiger partial charge on any atom is -0.378 e. The van der Waals surface area contributed by atoms with Crippen LogP contribution in [0.5, 0.6) is 0 Å². The molecule has 0 atom stereocenters. The predicted molar refractivity (Wildman–Crippen MR) is 111 cm³/mol. The summed E-state index contributed by atoms with van der Waals surface area (Å²) in [5.41, 5.74) is 4.56. The topological polar surface area (TPSA) is 29.8 Å². The van der Waals surface area contributed by atoms with Crippen molar-refractivity contribution in [2.45, 2.75) is 6.92 Å². The molecular formula is C20H20BrN3OS. The number of morpholine rings is 1. The molecule has 0 bridgehead atoms. The van der Waals surface area contributed by atoms with Gasteiger partial charge in [0.05, 0.1) is 37.7 Å². The highest BCUT2D eigenvalue weighted by Crippen LogP contribution is 2.23. The van der Waals surface area contributed by atoms with Crippen LogP contribution < -0.4 is 9.81 Å². The summed E-state index contributed by atoms with van der Waals surface area (Å²) in [5.74, 6) is 0. The summed E-state index contributed by atoms with van der Waals surface area (Å²) in [6.45, 7) is 5.30. The highest BCUT2D eigenvalue weighted by atomic mass is 79.9. The molecule has 6 heteroatoms. The first kappa shape index (κ1) is 17.5. The molecule has 4 nitrogen and oxygen atoms in total. The lowest BCUT2D eigenvalue weighted by molar-refractivity contribution is 0.111. The lowest BCUT2D eigenvalue weighted by Crippen LogP contribution is -2.48. The molecular weight excluding hydrogens is 410 g/mol. The van der Waals surface area contributed by atoms with E-state index in [2.05, 4.69) is 86.4 Å². The van der Waals surface area contributed by atoms with Gasteiger partial charge in [0.25, 0.3) is 0 Å². The Labute approximate surface area is 165 Å². The summed E-state index contributed by atoms with van der Waals surface area (Å²) >= 11 is 5.19. The van der Waals surface area contributed by atoms with Crippen LogP contribution in [0.25, 0.3) is 11.3 Å². The second-order valence-electron chi connectivity index (χ2n) is 6.24. The summed E-state index contributed by atoms with van der Waals surface area (Å²) in [6, 6.07) is 16.8. The first-order valence-electron chi connectivity index (χ1n) is 8.61. The maximum Gasteiger partial charge on any atom is 0.209 e. The number of aromatic nitrogens is 1. The van der Waals surface area contributed by atoms with Gasteiger partial charge in [-0.3, -0.25) is 0 Å². The number of ether oxygens (including phenoxy) is 1. The van der Waals surface area contributed by atoms with E-state index in [-0.39, 0.29) is 0 Å². The van der Waals surface area contributed by atoms with E-state index in [1.54, 1.807) is 11.3 Å². The normalized spacial score (nSPS) is 15.5. The predicted octanol–water partition coefficient (Wildman–Crippen LogP) is 4.49. The fourth-order valence-electron chi connectivity index (χ4n) is 2.95. The van der Waals surface area contributed by atoms with Crippen LogP contribution in [0.1, 0.15) is 5.56 Å². The highest BCUT2D eigenvalue weighted by molar-refractivity contribution is 9.10. The van der Waals surface area contributed by atoms with E-state index in [0.717, 1.165) is 47.0 Å². The molecule has 1 aromatic heterocycles. The van der Waals surface area contributed by atoms with Gasteiger partial charge >= 0.3 is 0 Å². The van der Waals surface area contributed by atoms with Crippen molar-refractivity contribution >= 4 is 33.0 Å². The molecule has 0 N–H and O–H groups in total. The Morgan fingerprint density at radius 1 is 1.00 bits per heavy atom. The molecule has 0 amide bonds. The zero-order chi connectivity index (χ0) is 17.9. The van der Waals surface area contributed by atoms with Crippen LogP contribution in [0.3, 0.4) is 0 Å². The molecule has 4 rings (SSSR count). The van der Waals surface area contributed by atoms with E-state index >= 15 is 0 Å². The third-order valence-corrected chi connectivity index (χ3v) is 5.70. The molecule has 2 aromatic carbocycles. The van der Waals surface area contributed by atoms with Crippen LogP contribution in [0.15, 0.2) is 63.4 Å². The maximum atomic E-state index is 5.54. The van der Waals surface area contributed by atoms with Crippen LogP contribution in [0.4, 0.5) is 5.69 Å².